The molecule has 4 rings (SSSR count). The number of rotatable bonds is 6. The van der Waals surface area contributed by atoms with Gasteiger partial charge in [-0.1, -0.05) is 87.5 Å². The van der Waals surface area contributed by atoms with Gasteiger partial charge in [-0.3, -0.25) is 0 Å². The molecule has 0 heterocycles. The van der Waals surface area contributed by atoms with E-state index in [-0.39, 0.29) is 5.41 Å². The molecule has 170 valence electrons. The molecule has 0 aliphatic rings. The summed E-state index contributed by atoms with van der Waals surface area (Å²) < 4.78 is 11.5. The fourth-order valence-electron chi connectivity index (χ4n) is 4.50. The van der Waals surface area contributed by atoms with Crippen LogP contribution in [0.3, 0.4) is 0 Å². The number of ether oxygens (including phenoxy) is 2. The van der Waals surface area contributed by atoms with Crippen LogP contribution >= 0.6 is 0 Å². The van der Waals surface area contributed by atoms with Crippen LogP contribution in [0.5, 0.6) is 11.5 Å². The molecule has 0 bridgehead atoms. The molecule has 0 saturated heterocycles. The summed E-state index contributed by atoms with van der Waals surface area (Å²) in [4.78, 5) is 0. The van der Waals surface area contributed by atoms with Crippen molar-refractivity contribution < 1.29 is 15.2 Å². The van der Waals surface area contributed by atoms with Crippen molar-refractivity contribution in [1.82, 2.24) is 0 Å². The van der Waals surface area contributed by atoms with Crippen LogP contribution in [-0.4, -0.2) is 20.8 Å². The molecule has 4 aromatic carbocycles. The summed E-state index contributed by atoms with van der Waals surface area (Å²) in [6, 6.07) is 26.3. The molecule has 0 amide bonds. The third-order valence-corrected chi connectivity index (χ3v) is 6.30. The van der Waals surface area contributed by atoms with Crippen LogP contribution in [0.1, 0.15) is 31.9 Å². The Balaban J connectivity index is 1.80. The van der Waals surface area contributed by atoms with Gasteiger partial charge in [-0.25, -0.2) is 0 Å². The monoisotopic (exact) mass is 440 g/mol. The first kappa shape index (κ1) is 22.9. The first-order valence-electron chi connectivity index (χ1n) is 11.5. The van der Waals surface area contributed by atoms with E-state index in [0.29, 0.717) is 0 Å². The first-order chi connectivity index (χ1) is 15.9. The quantitative estimate of drug-likeness (QED) is 0.384. The Kier molecular flexibility index (Phi) is 6.44. The summed E-state index contributed by atoms with van der Waals surface area (Å²) in [5.74, 6) is 1.57. The normalized spacial score (nSPS) is 11.6. The van der Waals surface area contributed by atoms with Crippen LogP contribution in [0.2, 0.25) is 0 Å². The number of methoxy groups -OCH3 is 2. The lowest BCUT2D eigenvalue weighted by Crippen LogP contribution is -2.51. The van der Waals surface area contributed by atoms with Gasteiger partial charge >= 0.3 is 0 Å². The van der Waals surface area contributed by atoms with E-state index in [4.69, 9.17) is 9.47 Å². The highest BCUT2D eigenvalue weighted by Gasteiger charge is 2.17. The lowest BCUT2D eigenvalue weighted by Gasteiger charge is -2.19. The Morgan fingerprint density at radius 1 is 0.727 bits per heavy atom. The van der Waals surface area contributed by atoms with E-state index in [2.05, 4.69) is 99.3 Å². The Hall–Kier alpha value is -3.30. The maximum absolute atomic E-state index is 5.81. The minimum absolute atomic E-state index is 0.148. The molecule has 4 aromatic rings. The van der Waals surface area contributed by atoms with Crippen LogP contribution in [0.25, 0.3) is 33.0 Å². The van der Waals surface area contributed by atoms with Gasteiger partial charge in [-0.05, 0) is 44.5 Å². The van der Waals surface area contributed by atoms with Gasteiger partial charge in [-0.2, -0.15) is 0 Å². The van der Waals surface area contributed by atoms with E-state index in [0.717, 1.165) is 41.2 Å². The molecule has 0 unspecified atom stereocenters. The third kappa shape index (κ3) is 4.46. The zero-order chi connectivity index (χ0) is 23.6. The maximum atomic E-state index is 5.81. The summed E-state index contributed by atoms with van der Waals surface area (Å²) in [5.41, 5.74) is 11.2. The van der Waals surface area contributed by atoms with E-state index in [1.807, 2.05) is 0 Å². The van der Waals surface area contributed by atoms with Crippen LogP contribution in [0, 0.1) is 0 Å². The standard InChI is InChI=1S/C30H33NO2/c1-30(2,3)24-13-9-20(10-14-24)25-8-6-7-22-19-23(12-15-26(22)25)27-16-11-21(17-18-31)28(32-4)29(27)33-5/h6-16,19H,17-18,31H2,1-5H3/p+1. The number of quaternary nitrogens is 1. The summed E-state index contributed by atoms with van der Waals surface area (Å²) in [6.45, 7) is 7.55. The second-order valence-corrected chi connectivity index (χ2v) is 9.51. The third-order valence-electron chi connectivity index (χ3n) is 6.30. The zero-order valence-corrected chi connectivity index (χ0v) is 20.4. The van der Waals surface area contributed by atoms with E-state index < -0.39 is 0 Å². The van der Waals surface area contributed by atoms with E-state index in [1.165, 1.54) is 27.5 Å². The predicted octanol–water partition coefficient (Wildman–Crippen LogP) is 6.27. The molecule has 0 aromatic heterocycles. The Morgan fingerprint density at radius 3 is 2.06 bits per heavy atom. The van der Waals surface area contributed by atoms with Crippen molar-refractivity contribution in [2.75, 3.05) is 20.8 Å². The molecule has 3 N–H and O–H groups in total. The summed E-state index contributed by atoms with van der Waals surface area (Å²) >= 11 is 0. The molecule has 0 atom stereocenters. The molecular formula is C30H34NO2+. The average Bonchev–Trinajstić information content (AvgIpc) is 2.82. The smallest absolute Gasteiger partial charge is 0.168 e. The number of hydrogen-bond donors (Lipinski definition) is 1. The zero-order valence-electron chi connectivity index (χ0n) is 20.4. The largest absolute Gasteiger partial charge is 0.493 e. The van der Waals surface area contributed by atoms with Gasteiger partial charge in [0.05, 0.1) is 20.8 Å². The van der Waals surface area contributed by atoms with Gasteiger partial charge in [-0.15, -0.1) is 0 Å². The van der Waals surface area contributed by atoms with Gasteiger partial charge in [0.1, 0.15) is 0 Å². The predicted molar refractivity (Wildman–Crippen MR) is 138 cm³/mol. The highest BCUT2D eigenvalue weighted by Crippen LogP contribution is 2.42. The number of hydrogen-bond acceptors (Lipinski definition) is 2. The number of benzene rings is 4. The molecule has 33 heavy (non-hydrogen) atoms. The first-order valence-corrected chi connectivity index (χ1v) is 11.5. The molecule has 0 radical (unpaired) electrons. The SMILES string of the molecule is COc1c(CC[NH3+])ccc(-c2ccc3c(-c4ccc(C(C)(C)C)cc4)cccc3c2)c1OC. The van der Waals surface area contributed by atoms with Crippen molar-refractivity contribution in [2.24, 2.45) is 0 Å². The molecule has 0 spiro atoms. The van der Waals surface area contributed by atoms with Crippen LogP contribution in [0.15, 0.2) is 72.8 Å². The van der Waals surface area contributed by atoms with Crippen molar-refractivity contribution >= 4 is 10.8 Å². The van der Waals surface area contributed by atoms with Gasteiger partial charge in [0.15, 0.2) is 11.5 Å². The average molecular weight is 441 g/mol. The fraction of sp³-hybridized carbons (Fsp3) is 0.267. The Bertz CT molecular complexity index is 1270. The topological polar surface area (TPSA) is 46.1 Å². The summed E-state index contributed by atoms with van der Waals surface area (Å²) in [6.07, 6.45) is 0.856. The van der Waals surface area contributed by atoms with Crippen molar-refractivity contribution in [3.63, 3.8) is 0 Å². The highest BCUT2D eigenvalue weighted by molar-refractivity contribution is 5.99. The van der Waals surface area contributed by atoms with Crippen molar-refractivity contribution in [2.45, 2.75) is 32.6 Å². The molecule has 0 fully saturated rings. The van der Waals surface area contributed by atoms with Crippen molar-refractivity contribution in [1.29, 1.82) is 0 Å². The lowest BCUT2D eigenvalue weighted by molar-refractivity contribution is -0.366. The number of fused-ring (bicyclic) bond motifs is 1. The van der Waals surface area contributed by atoms with E-state index in [9.17, 15) is 0 Å². The minimum atomic E-state index is 0.148. The summed E-state index contributed by atoms with van der Waals surface area (Å²) in [5, 5.41) is 2.44. The fourth-order valence-corrected chi connectivity index (χ4v) is 4.50. The van der Waals surface area contributed by atoms with Crippen molar-refractivity contribution in [3.8, 4) is 33.8 Å². The maximum Gasteiger partial charge on any atom is 0.168 e. The van der Waals surface area contributed by atoms with E-state index >= 15 is 0 Å². The molecule has 0 aliphatic heterocycles. The van der Waals surface area contributed by atoms with Gasteiger partial charge in [0, 0.05) is 17.5 Å². The Labute approximate surface area is 197 Å². The summed E-state index contributed by atoms with van der Waals surface area (Å²) in [7, 11) is 3.40. The van der Waals surface area contributed by atoms with Gasteiger partial charge in [0.25, 0.3) is 0 Å². The van der Waals surface area contributed by atoms with Gasteiger partial charge in [0.2, 0.25) is 0 Å². The van der Waals surface area contributed by atoms with Crippen LogP contribution in [0.4, 0.5) is 0 Å². The molecular weight excluding hydrogens is 406 g/mol. The Morgan fingerprint density at radius 2 is 1.42 bits per heavy atom. The molecule has 0 saturated carbocycles. The van der Waals surface area contributed by atoms with Crippen LogP contribution < -0.4 is 15.2 Å². The highest BCUT2D eigenvalue weighted by atomic mass is 16.5. The molecule has 3 nitrogen and oxygen atoms in total. The second kappa shape index (κ2) is 9.29. The second-order valence-electron chi connectivity index (χ2n) is 9.51. The lowest BCUT2D eigenvalue weighted by atomic mass is 9.86. The molecule has 3 heteroatoms. The van der Waals surface area contributed by atoms with E-state index in [1.54, 1.807) is 14.2 Å². The van der Waals surface area contributed by atoms with Gasteiger partial charge < -0.3 is 15.2 Å². The molecule has 0 aliphatic carbocycles. The van der Waals surface area contributed by atoms with Crippen LogP contribution in [-0.2, 0) is 11.8 Å². The minimum Gasteiger partial charge on any atom is -0.493 e. The van der Waals surface area contributed by atoms with Crippen molar-refractivity contribution in [3.05, 3.63) is 83.9 Å².